The van der Waals surface area contributed by atoms with Crippen molar-refractivity contribution in [3.8, 4) is 0 Å². The molecule has 1 nitrogen and oxygen atoms in total. The number of hydrogen-bond donors (Lipinski definition) is 0. The number of benzene rings is 7. The molecular weight excluding hydrogens is 663 g/mol. The first-order valence-corrected chi connectivity index (χ1v) is 19.4. The van der Waals surface area contributed by atoms with Crippen molar-refractivity contribution in [2.24, 2.45) is 0 Å². The first-order chi connectivity index (χ1) is 27.3. The van der Waals surface area contributed by atoms with Gasteiger partial charge >= 0.3 is 0 Å². The summed E-state index contributed by atoms with van der Waals surface area (Å²) >= 11 is 0. The lowest BCUT2D eigenvalue weighted by Gasteiger charge is -2.29. The number of allylic oxidation sites excluding steroid dienone is 4. The van der Waals surface area contributed by atoms with Crippen molar-refractivity contribution in [1.29, 1.82) is 0 Å². The second kappa shape index (κ2) is 17.4. The Labute approximate surface area is 326 Å². The van der Waals surface area contributed by atoms with E-state index in [1.54, 1.807) is 0 Å². The number of nitrogens with zero attached hydrogens (tertiary/aromatic N) is 1. The first kappa shape index (κ1) is 35.3. The quantitative estimate of drug-likeness (QED) is 0.121. The molecule has 0 bridgehead atoms. The maximum absolute atomic E-state index is 2.43. The highest BCUT2D eigenvalue weighted by molar-refractivity contribution is 5.86. The van der Waals surface area contributed by atoms with Gasteiger partial charge in [0.05, 0.1) is 5.69 Å². The molecule has 0 N–H and O–H groups in total. The summed E-state index contributed by atoms with van der Waals surface area (Å²) in [5, 5.41) is 0. The van der Waals surface area contributed by atoms with Gasteiger partial charge in [-0.2, -0.15) is 0 Å². The normalized spacial score (nSPS) is 12.3. The zero-order chi connectivity index (χ0) is 37.1. The average molecular weight is 708 g/mol. The molecule has 0 saturated heterocycles. The van der Waals surface area contributed by atoms with E-state index in [4.69, 9.17) is 0 Å². The second-order valence-corrected chi connectivity index (χ2v) is 14.0. The lowest BCUT2D eigenvalue weighted by Crippen LogP contribution is -2.13. The number of fused-ring (bicyclic) bond motifs is 1. The van der Waals surface area contributed by atoms with Crippen LogP contribution < -0.4 is 4.90 Å². The molecule has 0 aliphatic heterocycles. The van der Waals surface area contributed by atoms with Gasteiger partial charge in [-0.05, 0) is 112 Å². The minimum absolute atomic E-state index is 1.12. The van der Waals surface area contributed by atoms with Crippen LogP contribution in [0.15, 0.2) is 212 Å². The molecular formula is C54H45N. The van der Waals surface area contributed by atoms with Gasteiger partial charge in [0.25, 0.3) is 0 Å². The molecule has 0 spiro atoms. The molecule has 0 aromatic heterocycles. The van der Waals surface area contributed by atoms with E-state index in [-0.39, 0.29) is 0 Å². The summed E-state index contributed by atoms with van der Waals surface area (Å²) in [7, 11) is 0. The lowest BCUT2D eigenvalue weighted by atomic mass is 9.91. The molecule has 266 valence electrons. The third-order valence-corrected chi connectivity index (χ3v) is 10.3. The van der Waals surface area contributed by atoms with E-state index in [1.807, 2.05) is 0 Å². The fourth-order valence-corrected chi connectivity index (χ4v) is 7.58. The topological polar surface area (TPSA) is 3.24 Å². The number of anilines is 3. The van der Waals surface area contributed by atoms with E-state index in [0.29, 0.717) is 0 Å². The van der Waals surface area contributed by atoms with Gasteiger partial charge in [-0.1, -0.05) is 194 Å². The summed E-state index contributed by atoms with van der Waals surface area (Å²) < 4.78 is 0. The molecule has 1 aliphatic carbocycles. The number of aryl methyl sites for hydroxylation is 2. The van der Waals surface area contributed by atoms with Crippen molar-refractivity contribution in [2.45, 2.75) is 25.7 Å². The van der Waals surface area contributed by atoms with Crippen LogP contribution in [0.1, 0.15) is 57.3 Å². The first-order valence-electron chi connectivity index (χ1n) is 19.4. The van der Waals surface area contributed by atoms with Crippen LogP contribution in [-0.2, 0) is 12.8 Å². The minimum Gasteiger partial charge on any atom is -0.310 e. The van der Waals surface area contributed by atoms with Crippen LogP contribution in [0.3, 0.4) is 0 Å². The highest BCUT2D eigenvalue weighted by Crippen LogP contribution is 2.39. The molecule has 55 heavy (non-hydrogen) atoms. The number of hydrogen-bond acceptors (Lipinski definition) is 1. The fraction of sp³-hybridized carbons (Fsp3) is 0.0741. The Morgan fingerprint density at radius 1 is 0.400 bits per heavy atom. The number of rotatable bonds is 11. The van der Waals surface area contributed by atoms with Crippen LogP contribution in [-0.4, -0.2) is 0 Å². The summed E-state index contributed by atoms with van der Waals surface area (Å²) in [6.45, 7) is 0. The molecule has 0 fully saturated rings. The molecule has 0 saturated carbocycles. The van der Waals surface area contributed by atoms with E-state index in [1.165, 1.54) is 63.1 Å². The standard InChI is InChI=1S/C54H45N/c1-5-23-44(24-6-1)52(45-25-7-2-8-26-45)35-18-21-42-20-17-34-50(40-42)55(51-39-38-43-22-13-14-32-49(43)41-51)54-37-16-15-31-48(54)33-19-36-53(46-27-9-3-10-28-46)47-29-11-4-12-30-47/h1-12,15-21,23-31,33-41H,13-14,22,32H2. The average Bonchev–Trinajstić information content (AvgIpc) is 3.26. The molecule has 1 aliphatic rings. The van der Waals surface area contributed by atoms with E-state index in [0.717, 1.165) is 35.3 Å². The summed E-state index contributed by atoms with van der Waals surface area (Å²) in [6.07, 6.45) is 18.1. The van der Waals surface area contributed by atoms with Crippen LogP contribution in [0.25, 0.3) is 23.3 Å². The third kappa shape index (κ3) is 8.59. The van der Waals surface area contributed by atoms with Gasteiger partial charge in [-0.3, -0.25) is 0 Å². The van der Waals surface area contributed by atoms with Crippen LogP contribution in [0.2, 0.25) is 0 Å². The summed E-state index contributed by atoms with van der Waals surface area (Å²) in [4.78, 5) is 2.43. The Kier molecular flexibility index (Phi) is 11.2. The van der Waals surface area contributed by atoms with Crippen molar-refractivity contribution in [1.82, 2.24) is 0 Å². The maximum Gasteiger partial charge on any atom is 0.0533 e. The highest BCUT2D eigenvalue weighted by Gasteiger charge is 2.18. The van der Waals surface area contributed by atoms with Crippen LogP contribution >= 0.6 is 0 Å². The van der Waals surface area contributed by atoms with Crippen molar-refractivity contribution < 1.29 is 0 Å². The molecule has 0 amide bonds. The summed E-state index contributed by atoms with van der Waals surface area (Å²) in [6, 6.07) is 67.3. The zero-order valence-electron chi connectivity index (χ0n) is 31.1. The second-order valence-electron chi connectivity index (χ2n) is 14.0. The third-order valence-electron chi connectivity index (χ3n) is 10.3. The number of para-hydroxylation sites is 1. The van der Waals surface area contributed by atoms with E-state index < -0.39 is 0 Å². The predicted octanol–water partition coefficient (Wildman–Crippen LogP) is 14.3. The van der Waals surface area contributed by atoms with E-state index >= 15 is 0 Å². The molecule has 8 rings (SSSR count). The van der Waals surface area contributed by atoms with Gasteiger partial charge < -0.3 is 4.90 Å². The predicted molar refractivity (Wildman–Crippen MR) is 236 cm³/mol. The van der Waals surface area contributed by atoms with Crippen LogP contribution in [0.4, 0.5) is 17.1 Å². The van der Waals surface area contributed by atoms with Gasteiger partial charge in [0.15, 0.2) is 0 Å². The van der Waals surface area contributed by atoms with Crippen molar-refractivity contribution in [3.05, 3.63) is 257 Å². The van der Waals surface area contributed by atoms with Crippen LogP contribution in [0.5, 0.6) is 0 Å². The Morgan fingerprint density at radius 2 is 0.891 bits per heavy atom. The van der Waals surface area contributed by atoms with Gasteiger partial charge in [0.1, 0.15) is 0 Å². The molecule has 0 atom stereocenters. The molecule has 0 unspecified atom stereocenters. The Hall–Kier alpha value is -6.70. The largest absolute Gasteiger partial charge is 0.310 e. The fourth-order valence-electron chi connectivity index (χ4n) is 7.58. The van der Waals surface area contributed by atoms with Gasteiger partial charge in [0.2, 0.25) is 0 Å². The van der Waals surface area contributed by atoms with Crippen molar-refractivity contribution in [2.75, 3.05) is 4.90 Å². The van der Waals surface area contributed by atoms with E-state index in [9.17, 15) is 0 Å². The van der Waals surface area contributed by atoms with Crippen LogP contribution in [0, 0.1) is 0 Å². The van der Waals surface area contributed by atoms with Crippen molar-refractivity contribution in [3.63, 3.8) is 0 Å². The molecule has 7 aromatic rings. The zero-order valence-corrected chi connectivity index (χ0v) is 31.1. The SMILES string of the molecule is C(=Cc1cccc(N(c2ccc3c(c2)CCCC3)c2ccccc2C=CC=C(c2ccccc2)c2ccccc2)c1)C=C(c1ccccc1)c1ccccc1. The van der Waals surface area contributed by atoms with Gasteiger partial charge in [-0.15, -0.1) is 0 Å². The van der Waals surface area contributed by atoms with Crippen molar-refractivity contribution >= 4 is 40.4 Å². The minimum atomic E-state index is 1.12. The molecule has 0 radical (unpaired) electrons. The lowest BCUT2D eigenvalue weighted by molar-refractivity contribution is 0.685. The summed E-state index contributed by atoms with van der Waals surface area (Å²) in [5.41, 5.74) is 15.9. The molecule has 0 heterocycles. The smallest absolute Gasteiger partial charge is 0.0533 e. The Bertz CT molecular complexity index is 2370. The monoisotopic (exact) mass is 707 g/mol. The molecule has 1 heteroatoms. The maximum atomic E-state index is 2.43. The van der Waals surface area contributed by atoms with Gasteiger partial charge in [0, 0.05) is 11.4 Å². The van der Waals surface area contributed by atoms with E-state index in [2.05, 4.69) is 229 Å². The van der Waals surface area contributed by atoms with Gasteiger partial charge in [-0.25, -0.2) is 0 Å². The Balaban J connectivity index is 1.18. The summed E-state index contributed by atoms with van der Waals surface area (Å²) in [5.74, 6) is 0. The highest BCUT2D eigenvalue weighted by atomic mass is 15.1. The Morgan fingerprint density at radius 3 is 1.47 bits per heavy atom. The molecule has 7 aromatic carbocycles.